The lowest BCUT2D eigenvalue weighted by molar-refractivity contribution is 0.523. The summed E-state index contributed by atoms with van der Waals surface area (Å²) in [5, 5.41) is 7.87. The summed E-state index contributed by atoms with van der Waals surface area (Å²) in [5.74, 6) is 0. The molecule has 0 aromatic heterocycles. The van der Waals surface area contributed by atoms with E-state index in [4.69, 9.17) is 23.2 Å². The van der Waals surface area contributed by atoms with Crippen LogP contribution in [0.5, 0.6) is 0 Å². The van der Waals surface area contributed by atoms with Crippen molar-refractivity contribution in [1.82, 2.24) is 10.6 Å². The maximum absolute atomic E-state index is 6.05. The zero-order valence-corrected chi connectivity index (χ0v) is 10.5. The molecule has 84 valence electrons. The number of likely N-dealkylation sites (N-methyl/N-ethyl adjacent to an activating group) is 1. The summed E-state index contributed by atoms with van der Waals surface area (Å²) in [7, 11) is 1.94. The van der Waals surface area contributed by atoms with Gasteiger partial charge in [-0.15, -0.1) is 0 Å². The second-order valence-corrected chi connectivity index (χ2v) is 4.42. The summed E-state index contributed by atoms with van der Waals surface area (Å²) in [6.45, 7) is 3.82. The van der Waals surface area contributed by atoms with E-state index in [0.29, 0.717) is 16.1 Å². The summed E-state index contributed by atoms with van der Waals surface area (Å²) in [6, 6.07) is 5.99. The van der Waals surface area contributed by atoms with E-state index in [-0.39, 0.29) is 0 Å². The standard InChI is InChI=1S/C11H16Cl2N2/c1-8(6-14-2)15-7-9-3-4-10(12)5-11(9)13/h3-5,8,14-15H,6-7H2,1-2H3. The van der Waals surface area contributed by atoms with Crippen LogP contribution in [0, 0.1) is 0 Å². The highest BCUT2D eigenvalue weighted by molar-refractivity contribution is 6.35. The average Bonchev–Trinajstić information content (AvgIpc) is 2.17. The molecule has 2 N–H and O–H groups in total. The predicted octanol–water partition coefficient (Wildman–Crippen LogP) is 2.69. The molecule has 2 nitrogen and oxygen atoms in total. The molecule has 4 heteroatoms. The fourth-order valence-electron chi connectivity index (χ4n) is 1.33. The SMILES string of the molecule is CNCC(C)NCc1ccc(Cl)cc1Cl. The Morgan fingerprint density at radius 1 is 1.33 bits per heavy atom. The summed E-state index contributed by atoms with van der Waals surface area (Å²) >= 11 is 11.9. The van der Waals surface area contributed by atoms with Crippen molar-refractivity contribution < 1.29 is 0 Å². The second-order valence-electron chi connectivity index (χ2n) is 3.58. The molecule has 0 fully saturated rings. The Morgan fingerprint density at radius 2 is 2.07 bits per heavy atom. The van der Waals surface area contributed by atoms with Crippen LogP contribution in [0.1, 0.15) is 12.5 Å². The van der Waals surface area contributed by atoms with Crippen LogP contribution in [0.15, 0.2) is 18.2 Å². The van der Waals surface area contributed by atoms with Crippen molar-refractivity contribution in [2.24, 2.45) is 0 Å². The second kappa shape index (κ2) is 6.33. The topological polar surface area (TPSA) is 24.1 Å². The normalized spacial score (nSPS) is 12.8. The van der Waals surface area contributed by atoms with Gasteiger partial charge in [0.15, 0.2) is 0 Å². The fraction of sp³-hybridized carbons (Fsp3) is 0.455. The number of rotatable bonds is 5. The Bertz CT molecular complexity index is 315. The fourth-order valence-corrected chi connectivity index (χ4v) is 1.80. The minimum Gasteiger partial charge on any atom is -0.318 e. The van der Waals surface area contributed by atoms with Gasteiger partial charge in [0.05, 0.1) is 0 Å². The molecule has 0 radical (unpaired) electrons. The smallest absolute Gasteiger partial charge is 0.0465 e. The molecule has 0 heterocycles. The van der Waals surface area contributed by atoms with Crippen molar-refractivity contribution in [3.8, 4) is 0 Å². The zero-order chi connectivity index (χ0) is 11.3. The van der Waals surface area contributed by atoms with Crippen LogP contribution in [0.3, 0.4) is 0 Å². The number of nitrogens with one attached hydrogen (secondary N) is 2. The Labute approximate surface area is 101 Å². The van der Waals surface area contributed by atoms with E-state index in [1.807, 2.05) is 19.2 Å². The van der Waals surface area contributed by atoms with Gasteiger partial charge in [-0.2, -0.15) is 0 Å². The van der Waals surface area contributed by atoms with Crippen LogP contribution < -0.4 is 10.6 Å². The van der Waals surface area contributed by atoms with Gasteiger partial charge < -0.3 is 10.6 Å². The maximum Gasteiger partial charge on any atom is 0.0465 e. The average molecular weight is 247 g/mol. The molecule has 0 aliphatic heterocycles. The summed E-state index contributed by atoms with van der Waals surface area (Å²) in [5.41, 5.74) is 1.07. The van der Waals surface area contributed by atoms with Crippen LogP contribution in [0.2, 0.25) is 10.0 Å². The van der Waals surface area contributed by atoms with Crippen molar-refractivity contribution >= 4 is 23.2 Å². The number of hydrogen-bond donors (Lipinski definition) is 2. The predicted molar refractivity (Wildman–Crippen MR) is 66.7 cm³/mol. The molecule has 0 saturated heterocycles. The van der Waals surface area contributed by atoms with Crippen molar-refractivity contribution in [2.75, 3.05) is 13.6 Å². The van der Waals surface area contributed by atoms with Gasteiger partial charge in [0.25, 0.3) is 0 Å². The highest BCUT2D eigenvalue weighted by Crippen LogP contribution is 2.20. The summed E-state index contributed by atoms with van der Waals surface area (Å²) in [6.07, 6.45) is 0. The lowest BCUT2D eigenvalue weighted by Crippen LogP contribution is -2.34. The van der Waals surface area contributed by atoms with Gasteiger partial charge in [-0.05, 0) is 31.7 Å². The van der Waals surface area contributed by atoms with Crippen LogP contribution in [0.4, 0.5) is 0 Å². The first-order chi connectivity index (χ1) is 7.13. The highest BCUT2D eigenvalue weighted by atomic mass is 35.5. The molecule has 0 saturated carbocycles. The summed E-state index contributed by atoms with van der Waals surface area (Å²) in [4.78, 5) is 0. The zero-order valence-electron chi connectivity index (χ0n) is 8.98. The van der Waals surface area contributed by atoms with E-state index < -0.39 is 0 Å². The van der Waals surface area contributed by atoms with Crippen LogP contribution in [0.25, 0.3) is 0 Å². The van der Waals surface area contributed by atoms with Gasteiger partial charge in [0, 0.05) is 29.2 Å². The van der Waals surface area contributed by atoms with Crippen LogP contribution in [-0.4, -0.2) is 19.6 Å². The molecular weight excluding hydrogens is 231 g/mol. The first-order valence-electron chi connectivity index (χ1n) is 4.95. The van der Waals surface area contributed by atoms with E-state index in [0.717, 1.165) is 18.7 Å². The van der Waals surface area contributed by atoms with Crippen LogP contribution in [-0.2, 0) is 6.54 Å². The number of halogens is 2. The molecule has 15 heavy (non-hydrogen) atoms. The molecule has 0 bridgehead atoms. The van der Waals surface area contributed by atoms with E-state index in [2.05, 4.69) is 17.6 Å². The van der Waals surface area contributed by atoms with E-state index in [1.165, 1.54) is 0 Å². The molecule has 1 atom stereocenters. The Morgan fingerprint density at radius 3 is 2.67 bits per heavy atom. The summed E-state index contributed by atoms with van der Waals surface area (Å²) < 4.78 is 0. The minimum absolute atomic E-state index is 0.418. The minimum atomic E-state index is 0.418. The lowest BCUT2D eigenvalue weighted by Gasteiger charge is -2.13. The van der Waals surface area contributed by atoms with Gasteiger partial charge in [-0.1, -0.05) is 29.3 Å². The molecule has 0 spiro atoms. The molecule has 1 aromatic carbocycles. The number of benzene rings is 1. The van der Waals surface area contributed by atoms with E-state index in [9.17, 15) is 0 Å². The van der Waals surface area contributed by atoms with Crippen molar-refractivity contribution in [3.05, 3.63) is 33.8 Å². The maximum atomic E-state index is 6.05. The third kappa shape index (κ3) is 4.39. The first-order valence-corrected chi connectivity index (χ1v) is 5.71. The molecule has 0 aliphatic carbocycles. The largest absolute Gasteiger partial charge is 0.318 e. The van der Waals surface area contributed by atoms with Gasteiger partial charge in [0.1, 0.15) is 0 Å². The third-order valence-electron chi connectivity index (χ3n) is 2.17. The molecule has 1 unspecified atom stereocenters. The van der Waals surface area contributed by atoms with Crippen LogP contribution >= 0.6 is 23.2 Å². The monoisotopic (exact) mass is 246 g/mol. The molecule has 1 aromatic rings. The van der Waals surface area contributed by atoms with Gasteiger partial charge in [0.2, 0.25) is 0 Å². The van der Waals surface area contributed by atoms with Gasteiger partial charge in [-0.25, -0.2) is 0 Å². The third-order valence-corrected chi connectivity index (χ3v) is 2.75. The van der Waals surface area contributed by atoms with Crippen molar-refractivity contribution in [2.45, 2.75) is 19.5 Å². The van der Waals surface area contributed by atoms with E-state index >= 15 is 0 Å². The highest BCUT2D eigenvalue weighted by Gasteiger charge is 2.03. The first kappa shape index (κ1) is 12.8. The lowest BCUT2D eigenvalue weighted by atomic mass is 10.2. The Kier molecular flexibility index (Phi) is 5.40. The van der Waals surface area contributed by atoms with Crippen molar-refractivity contribution in [1.29, 1.82) is 0 Å². The molecular formula is C11H16Cl2N2. The molecule has 0 aliphatic rings. The molecule has 0 amide bonds. The Balaban J connectivity index is 2.50. The van der Waals surface area contributed by atoms with E-state index in [1.54, 1.807) is 6.07 Å². The molecule has 1 rings (SSSR count). The number of hydrogen-bond acceptors (Lipinski definition) is 2. The van der Waals surface area contributed by atoms with Crippen molar-refractivity contribution in [3.63, 3.8) is 0 Å². The van der Waals surface area contributed by atoms with Gasteiger partial charge in [-0.3, -0.25) is 0 Å². The Hall–Kier alpha value is -0.280. The quantitative estimate of drug-likeness (QED) is 0.835. The van der Waals surface area contributed by atoms with Gasteiger partial charge >= 0.3 is 0 Å².